The molecule has 0 unspecified atom stereocenters. The summed E-state index contributed by atoms with van der Waals surface area (Å²) in [4.78, 5) is 16.8. The number of carbonyl (C=O) groups excluding carboxylic acids is 1. The molecule has 166 valence electrons. The van der Waals surface area contributed by atoms with Gasteiger partial charge in [0.15, 0.2) is 5.84 Å². The van der Waals surface area contributed by atoms with Crippen LogP contribution in [0.1, 0.15) is 23.6 Å². The van der Waals surface area contributed by atoms with Gasteiger partial charge >= 0.3 is 0 Å². The van der Waals surface area contributed by atoms with Gasteiger partial charge in [0.2, 0.25) is 5.17 Å². The van der Waals surface area contributed by atoms with Crippen LogP contribution in [0.15, 0.2) is 64.3 Å². The third kappa shape index (κ3) is 3.98. The first kappa shape index (κ1) is 21.2. The summed E-state index contributed by atoms with van der Waals surface area (Å²) in [6.45, 7) is 7.09. The van der Waals surface area contributed by atoms with Crippen molar-refractivity contribution in [2.24, 2.45) is 10.1 Å². The molecule has 1 N–H and O–H groups in total. The molecule has 0 saturated heterocycles. The average Bonchev–Trinajstić information content (AvgIpc) is 3.33. The molecule has 2 aliphatic rings. The number of hydrogen-bond donors (Lipinski definition) is 1. The zero-order valence-electron chi connectivity index (χ0n) is 18.6. The molecule has 8 heteroatoms. The molecule has 0 atom stereocenters. The van der Waals surface area contributed by atoms with Crippen molar-refractivity contribution in [3.8, 4) is 5.75 Å². The van der Waals surface area contributed by atoms with Crippen molar-refractivity contribution in [2.75, 3.05) is 6.61 Å². The van der Waals surface area contributed by atoms with Gasteiger partial charge in [0, 0.05) is 22.7 Å². The second kappa shape index (κ2) is 8.37. The number of fused-ring (bicyclic) bond motifs is 2. The Morgan fingerprint density at radius 1 is 1.15 bits per heavy atom. The fourth-order valence-corrected chi connectivity index (χ4v) is 4.67. The highest BCUT2D eigenvalue weighted by molar-refractivity contribution is 8.26. The van der Waals surface area contributed by atoms with E-state index in [9.17, 15) is 4.79 Å². The molecule has 2 aliphatic heterocycles. The third-order valence-electron chi connectivity index (χ3n) is 5.61. The lowest BCUT2D eigenvalue weighted by Gasteiger charge is -2.20. The van der Waals surface area contributed by atoms with Gasteiger partial charge in [-0.05, 0) is 61.9 Å². The van der Waals surface area contributed by atoms with Crippen molar-refractivity contribution in [3.05, 3.63) is 70.9 Å². The largest absolute Gasteiger partial charge is 0.491 e. The van der Waals surface area contributed by atoms with E-state index in [2.05, 4.69) is 39.8 Å². The van der Waals surface area contributed by atoms with Crippen LogP contribution < -0.4 is 4.74 Å². The van der Waals surface area contributed by atoms with E-state index < -0.39 is 5.91 Å². The topological polar surface area (TPSA) is 83.0 Å². The summed E-state index contributed by atoms with van der Waals surface area (Å²) in [5.74, 6) is 0.520. The number of amides is 1. The first-order valence-corrected chi connectivity index (χ1v) is 11.5. The number of rotatable bonds is 5. The number of aryl methyl sites for hydroxylation is 2. The quantitative estimate of drug-likeness (QED) is 0.548. The van der Waals surface area contributed by atoms with Crippen molar-refractivity contribution >= 4 is 50.7 Å². The van der Waals surface area contributed by atoms with E-state index in [0.29, 0.717) is 18.3 Å². The average molecular weight is 458 g/mol. The van der Waals surface area contributed by atoms with E-state index in [0.717, 1.165) is 38.4 Å². The minimum Gasteiger partial charge on any atom is -0.491 e. The van der Waals surface area contributed by atoms with E-state index in [1.165, 1.54) is 16.8 Å². The van der Waals surface area contributed by atoms with Gasteiger partial charge in [-0.2, -0.15) is 15.1 Å². The first-order chi connectivity index (χ1) is 15.9. The normalized spacial score (nSPS) is 16.9. The molecule has 1 aromatic heterocycles. The molecule has 3 aromatic rings. The van der Waals surface area contributed by atoms with Crippen molar-refractivity contribution in [2.45, 2.75) is 27.3 Å². The predicted octanol–water partition coefficient (Wildman–Crippen LogP) is 4.98. The van der Waals surface area contributed by atoms with Crippen LogP contribution in [0, 0.1) is 19.3 Å². The number of hydrogen-bond acceptors (Lipinski definition) is 5. The van der Waals surface area contributed by atoms with Crippen LogP contribution in [-0.4, -0.2) is 38.1 Å². The molecule has 1 amide bonds. The van der Waals surface area contributed by atoms with Gasteiger partial charge in [0.1, 0.15) is 12.4 Å². The second-order valence-corrected chi connectivity index (χ2v) is 9.21. The van der Waals surface area contributed by atoms with Crippen molar-refractivity contribution in [3.63, 3.8) is 0 Å². The second-order valence-electron chi connectivity index (χ2n) is 8.05. The Bertz CT molecular complexity index is 1400. The zero-order chi connectivity index (χ0) is 23.1. The standard InChI is InChI=1S/C25H23N5O2S/c1-15-8-9-16(2)22(12-15)32-11-10-29-14-18(19-6-4-5-7-21(19)29)13-20-23(26)30-25(27-24(20)31)33-17(3)28-30/h4-9,12-14,26H,10-11H2,1-3H3/b20-13+,26-23?. The lowest BCUT2D eigenvalue weighted by Crippen LogP contribution is -2.35. The molecule has 0 saturated carbocycles. The van der Waals surface area contributed by atoms with Gasteiger partial charge < -0.3 is 9.30 Å². The summed E-state index contributed by atoms with van der Waals surface area (Å²) >= 11 is 1.30. The highest BCUT2D eigenvalue weighted by Gasteiger charge is 2.34. The fourth-order valence-electron chi connectivity index (χ4n) is 3.94. The highest BCUT2D eigenvalue weighted by atomic mass is 32.2. The molecule has 0 bridgehead atoms. The Labute approximate surface area is 196 Å². The van der Waals surface area contributed by atoms with E-state index in [1.807, 2.05) is 44.3 Å². The number of aromatic nitrogens is 1. The lowest BCUT2D eigenvalue weighted by molar-refractivity contribution is -0.114. The van der Waals surface area contributed by atoms with Crippen molar-refractivity contribution < 1.29 is 9.53 Å². The Morgan fingerprint density at radius 3 is 2.82 bits per heavy atom. The smallest absolute Gasteiger partial charge is 0.283 e. The van der Waals surface area contributed by atoms with Gasteiger partial charge in [0.05, 0.1) is 17.2 Å². The number of nitrogens with one attached hydrogen (secondary N) is 1. The molecule has 33 heavy (non-hydrogen) atoms. The Balaban J connectivity index is 1.44. The Hall–Kier alpha value is -3.65. The molecule has 0 fully saturated rings. The summed E-state index contributed by atoms with van der Waals surface area (Å²) in [6.07, 6.45) is 3.74. The summed E-state index contributed by atoms with van der Waals surface area (Å²) in [7, 11) is 0. The highest BCUT2D eigenvalue weighted by Crippen LogP contribution is 2.30. The molecule has 2 aromatic carbocycles. The van der Waals surface area contributed by atoms with E-state index in [4.69, 9.17) is 10.1 Å². The van der Waals surface area contributed by atoms with Crippen LogP contribution in [0.25, 0.3) is 17.0 Å². The van der Waals surface area contributed by atoms with Crippen LogP contribution in [0.5, 0.6) is 5.75 Å². The van der Waals surface area contributed by atoms with E-state index in [-0.39, 0.29) is 11.4 Å². The van der Waals surface area contributed by atoms with Crippen molar-refractivity contribution in [1.29, 1.82) is 5.41 Å². The van der Waals surface area contributed by atoms with Crippen molar-refractivity contribution in [1.82, 2.24) is 9.58 Å². The maximum absolute atomic E-state index is 12.7. The summed E-state index contributed by atoms with van der Waals surface area (Å²) in [6, 6.07) is 14.2. The molecule has 7 nitrogen and oxygen atoms in total. The summed E-state index contributed by atoms with van der Waals surface area (Å²) in [5.41, 5.74) is 4.40. The van der Waals surface area contributed by atoms with Crippen LogP contribution in [0.4, 0.5) is 0 Å². The van der Waals surface area contributed by atoms with E-state index >= 15 is 0 Å². The number of hydrazone groups is 1. The first-order valence-electron chi connectivity index (χ1n) is 10.7. The number of benzene rings is 2. The molecule has 3 heterocycles. The molecule has 0 aliphatic carbocycles. The minimum atomic E-state index is -0.418. The van der Waals surface area contributed by atoms with Crippen LogP contribution >= 0.6 is 11.8 Å². The summed E-state index contributed by atoms with van der Waals surface area (Å²) < 4.78 is 8.17. The molecule has 0 radical (unpaired) electrons. The Morgan fingerprint density at radius 2 is 1.97 bits per heavy atom. The number of thioether (sulfide) groups is 1. The number of ether oxygens (including phenoxy) is 1. The van der Waals surface area contributed by atoms with Gasteiger partial charge in [-0.3, -0.25) is 10.2 Å². The number of carbonyl (C=O) groups is 1. The van der Waals surface area contributed by atoms with Crippen LogP contribution in [-0.2, 0) is 11.3 Å². The molecule has 5 rings (SSSR count). The third-order valence-corrected chi connectivity index (χ3v) is 6.43. The molecule has 0 spiro atoms. The maximum atomic E-state index is 12.7. The number of amidine groups is 2. The summed E-state index contributed by atoms with van der Waals surface area (Å²) in [5, 5.41) is 16.4. The Kier molecular flexibility index (Phi) is 5.38. The zero-order valence-corrected chi connectivity index (χ0v) is 19.4. The number of nitrogens with zero attached hydrogens (tertiary/aromatic N) is 4. The predicted molar refractivity (Wildman–Crippen MR) is 134 cm³/mol. The minimum absolute atomic E-state index is 0.0458. The maximum Gasteiger partial charge on any atom is 0.283 e. The molecular formula is C25H23N5O2S. The van der Waals surface area contributed by atoms with Crippen LogP contribution in [0.3, 0.4) is 0 Å². The lowest BCUT2D eigenvalue weighted by atomic mass is 10.1. The SMILES string of the molecule is CC1=NN2C(=N)/C(=C\c3cn(CCOc4cc(C)ccc4C)c4ccccc34)C(=O)N=C2S1. The molecular weight excluding hydrogens is 434 g/mol. The van der Waals surface area contributed by atoms with Gasteiger partial charge in [-0.1, -0.05) is 30.3 Å². The van der Waals surface area contributed by atoms with Crippen LogP contribution in [0.2, 0.25) is 0 Å². The van der Waals surface area contributed by atoms with Gasteiger partial charge in [0.25, 0.3) is 5.91 Å². The fraction of sp³-hybridized carbons (Fsp3) is 0.200. The number of para-hydroxylation sites is 1. The van der Waals surface area contributed by atoms with Gasteiger partial charge in [-0.15, -0.1) is 0 Å². The number of aliphatic imine (C=N–C) groups is 1. The monoisotopic (exact) mass is 457 g/mol. The van der Waals surface area contributed by atoms with Gasteiger partial charge in [-0.25, -0.2) is 0 Å². The van der Waals surface area contributed by atoms with E-state index in [1.54, 1.807) is 6.08 Å².